The minimum atomic E-state index is -0.744. The van der Waals surface area contributed by atoms with Gasteiger partial charge in [0.1, 0.15) is 11.4 Å². The number of aromatic nitrogens is 4. The second-order valence-corrected chi connectivity index (χ2v) is 8.93. The number of benzene rings is 1. The molecule has 176 valence electrons. The zero-order chi connectivity index (χ0) is 24.3. The van der Waals surface area contributed by atoms with Crippen molar-refractivity contribution in [3.8, 4) is 0 Å². The third-order valence-corrected chi connectivity index (χ3v) is 6.06. The summed E-state index contributed by atoms with van der Waals surface area (Å²) in [6.07, 6.45) is 0. The predicted molar refractivity (Wildman–Crippen MR) is 128 cm³/mol. The van der Waals surface area contributed by atoms with Crippen LogP contribution in [0.3, 0.4) is 0 Å². The number of hydrogen-bond donors (Lipinski definition) is 1. The van der Waals surface area contributed by atoms with Crippen molar-refractivity contribution in [2.45, 2.75) is 32.1 Å². The quantitative estimate of drug-likeness (QED) is 0.278. The summed E-state index contributed by atoms with van der Waals surface area (Å²) in [7, 11) is 2.85. The SMILES string of the molecule is COCCn1c(SCC(=O)c2c(N)n(CC(C)C)c(=O)n(C)c2=O)nc2ccccc2c1=O. The summed E-state index contributed by atoms with van der Waals surface area (Å²) in [4.78, 5) is 55.7. The highest BCUT2D eigenvalue weighted by atomic mass is 32.2. The van der Waals surface area contributed by atoms with Crippen LogP contribution in [-0.2, 0) is 24.9 Å². The molecule has 11 heteroatoms. The number of thioether (sulfide) groups is 1. The fraction of sp³-hybridized carbons (Fsp3) is 0.409. The molecule has 2 N–H and O–H groups in total. The molecule has 0 saturated heterocycles. The van der Waals surface area contributed by atoms with Crippen molar-refractivity contribution in [1.82, 2.24) is 18.7 Å². The highest BCUT2D eigenvalue weighted by Crippen LogP contribution is 2.20. The molecule has 0 spiro atoms. The first kappa shape index (κ1) is 24.5. The molecule has 0 atom stereocenters. The number of rotatable bonds is 9. The molecular weight excluding hydrogens is 446 g/mol. The zero-order valence-electron chi connectivity index (χ0n) is 19.0. The standard InChI is InChI=1S/C22H27N5O5S/c1-13(2)11-27-18(23)17(20(30)25(3)22(27)31)16(28)12-33-21-24-15-8-6-5-7-14(15)19(29)26(21)9-10-32-4/h5-8,13H,9-12,23H2,1-4H3. The summed E-state index contributed by atoms with van der Waals surface area (Å²) >= 11 is 1.03. The van der Waals surface area contributed by atoms with Crippen LogP contribution >= 0.6 is 11.8 Å². The Bertz CT molecular complexity index is 1370. The summed E-state index contributed by atoms with van der Waals surface area (Å²) in [6.45, 7) is 4.62. The largest absolute Gasteiger partial charge is 0.384 e. The van der Waals surface area contributed by atoms with Gasteiger partial charge in [0.05, 0.1) is 29.8 Å². The molecule has 2 heterocycles. The van der Waals surface area contributed by atoms with Gasteiger partial charge in [0.15, 0.2) is 10.9 Å². The van der Waals surface area contributed by atoms with Crippen LogP contribution in [0.4, 0.5) is 5.82 Å². The molecule has 1 aromatic carbocycles. The van der Waals surface area contributed by atoms with Crippen LogP contribution in [0, 0.1) is 5.92 Å². The number of ether oxygens (including phenoxy) is 1. The van der Waals surface area contributed by atoms with E-state index in [-0.39, 0.29) is 48.3 Å². The molecule has 33 heavy (non-hydrogen) atoms. The lowest BCUT2D eigenvalue weighted by molar-refractivity contribution is 0.102. The van der Waals surface area contributed by atoms with Crippen LogP contribution in [-0.4, -0.2) is 43.9 Å². The monoisotopic (exact) mass is 473 g/mol. The number of methoxy groups -OCH3 is 1. The van der Waals surface area contributed by atoms with Crippen molar-refractivity contribution in [2.24, 2.45) is 13.0 Å². The molecule has 0 radical (unpaired) electrons. The molecule has 0 fully saturated rings. The number of anilines is 1. The number of fused-ring (bicyclic) bond motifs is 1. The summed E-state index contributed by atoms with van der Waals surface area (Å²) < 4.78 is 8.69. The van der Waals surface area contributed by atoms with Crippen LogP contribution < -0.4 is 22.5 Å². The summed E-state index contributed by atoms with van der Waals surface area (Å²) in [5.74, 6) is -0.796. The number of nitrogens with zero attached hydrogens (tertiary/aromatic N) is 4. The van der Waals surface area contributed by atoms with Gasteiger partial charge < -0.3 is 10.5 Å². The molecular formula is C22H27N5O5S. The maximum atomic E-state index is 13.1. The van der Waals surface area contributed by atoms with E-state index in [1.807, 2.05) is 13.8 Å². The smallest absolute Gasteiger partial charge is 0.332 e. The van der Waals surface area contributed by atoms with E-state index in [9.17, 15) is 19.2 Å². The van der Waals surface area contributed by atoms with Gasteiger partial charge in [-0.2, -0.15) is 0 Å². The van der Waals surface area contributed by atoms with Crippen molar-refractivity contribution in [2.75, 3.05) is 25.2 Å². The maximum absolute atomic E-state index is 13.1. The number of hydrogen-bond acceptors (Lipinski definition) is 8. The van der Waals surface area contributed by atoms with Crippen molar-refractivity contribution >= 4 is 34.3 Å². The highest BCUT2D eigenvalue weighted by Gasteiger charge is 2.23. The number of Topliss-reactive ketones (excluding diaryl/α,β-unsaturated/α-hetero) is 1. The lowest BCUT2D eigenvalue weighted by Crippen LogP contribution is -2.43. The molecule has 0 amide bonds. The third kappa shape index (κ3) is 4.93. The first-order chi connectivity index (χ1) is 15.7. The Kier molecular flexibility index (Phi) is 7.54. The molecule has 0 bridgehead atoms. The van der Waals surface area contributed by atoms with E-state index in [2.05, 4.69) is 4.98 Å². The van der Waals surface area contributed by atoms with Gasteiger partial charge in [-0.25, -0.2) is 9.78 Å². The van der Waals surface area contributed by atoms with Gasteiger partial charge in [-0.1, -0.05) is 37.7 Å². The summed E-state index contributed by atoms with van der Waals surface area (Å²) in [6, 6.07) is 6.94. The Morgan fingerprint density at radius 3 is 2.52 bits per heavy atom. The fourth-order valence-electron chi connectivity index (χ4n) is 3.43. The molecule has 0 saturated carbocycles. The van der Waals surface area contributed by atoms with E-state index in [1.165, 1.54) is 23.3 Å². The van der Waals surface area contributed by atoms with Gasteiger partial charge in [0.25, 0.3) is 11.1 Å². The topological polar surface area (TPSA) is 131 Å². The molecule has 0 aliphatic rings. The Morgan fingerprint density at radius 1 is 1.15 bits per heavy atom. The number of para-hydroxylation sites is 1. The predicted octanol–water partition coefficient (Wildman–Crippen LogP) is 1.12. The van der Waals surface area contributed by atoms with E-state index in [4.69, 9.17) is 10.5 Å². The summed E-state index contributed by atoms with van der Waals surface area (Å²) in [5, 5.41) is 0.790. The van der Waals surface area contributed by atoms with Crippen molar-refractivity contribution in [1.29, 1.82) is 0 Å². The van der Waals surface area contributed by atoms with Gasteiger partial charge in [0.2, 0.25) is 0 Å². The van der Waals surface area contributed by atoms with Crippen LogP contribution in [0.1, 0.15) is 24.2 Å². The maximum Gasteiger partial charge on any atom is 0.332 e. The van der Waals surface area contributed by atoms with Crippen molar-refractivity contribution < 1.29 is 9.53 Å². The first-order valence-electron chi connectivity index (χ1n) is 10.4. The average molecular weight is 474 g/mol. The number of nitrogens with two attached hydrogens (primary N) is 1. The first-order valence-corrected chi connectivity index (χ1v) is 11.4. The van der Waals surface area contributed by atoms with Gasteiger partial charge in [-0.05, 0) is 18.1 Å². The molecule has 0 aliphatic heterocycles. The molecule has 0 unspecified atom stereocenters. The van der Waals surface area contributed by atoms with E-state index < -0.39 is 17.0 Å². The number of nitrogen functional groups attached to an aromatic ring is 1. The Morgan fingerprint density at radius 2 is 1.85 bits per heavy atom. The van der Waals surface area contributed by atoms with Crippen LogP contribution in [0.5, 0.6) is 0 Å². The van der Waals surface area contributed by atoms with Crippen molar-refractivity contribution in [3.63, 3.8) is 0 Å². The van der Waals surface area contributed by atoms with E-state index in [0.717, 1.165) is 16.3 Å². The van der Waals surface area contributed by atoms with Crippen LogP contribution in [0.25, 0.3) is 10.9 Å². The van der Waals surface area contributed by atoms with Gasteiger partial charge in [-0.15, -0.1) is 0 Å². The Labute approximate surface area is 194 Å². The Balaban J connectivity index is 2.00. The van der Waals surface area contributed by atoms with Gasteiger partial charge >= 0.3 is 5.69 Å². The molecule has 2 aromatic heterocycles. The van der Waals surface area contributed by atoms with E-state index in [0.29, 0.717) is 16.1 Å². The van der Waals surface area contributed by atoms with Crippen LogP contribution in [0.15, 0.2) is 43.8 Å². The lowest BCUT2D eigenvalue weighted by Gasteiger charge is -2.16. The fourth-order valence-corrected chi connectivity index (χ4v) is 4.32. The lowest BCUT2D eigenvalue weighted by atomic mass is 10.2. The third-order valence-electron chi connectivity index (χ3n) is 5.09. The van der Waals surface area contributed by atoms with Gasteiger partial charge in [-0.3, -0.25) is 28.1 Å². The van der Waals surface area contributed by atoms with Crippen molar-refractivity contribution in [3.05, 3.63) is 61.0 Å². The average Bonchev–Trinajstić information content (AvgIpc) is 2.78. The minimum Gasteiger partial charge on any atom is -0.384 e. The Hall–Kier alpha value is -3.18. The molecule has 3 aromatic rings. The van der Waals surface area contributed by atoms with Crippen LogP contribution in [0.2, 0.25) is 0 Å². The zero-order valence-corrected chi connectivity index (χ0v) is 19.8. The summed E-state index contributed by atoms with van der Waals surface area (Å²) in [5.41, 5.74) is 4.81. The minimum absolute atomic E-state index is 0.0804. The number of carbonyl (C=O) groups is 1. The number of ketones is 1. The van der Waals surface area contributed by atoms with Gasteiger partial charge in [0, 0.05) is 20.7 Å². The molecule has 10 nitrogen and oxygen atoms in total. The molecule has 0 aliphatic carbocycles. The molecule has 3 rings (SSSR count). The van der Waals surface area contributed by atoms with E-state index >= 15 is 0 Å². The van der Waals surface area contributed by atoms with E-state index in [1.54, 1.807) is 24.3 Å². The second-order valence-electron chi connectivity index (χ2n) is 7.98. The normalized spacial score (nSPS) is 11.4. The second kappa shape index (κ2) is 10.2. The highest BCUT2D eigenvalue weighted by molar-refractivity contribution is 7.99. The number of carbonyl (C=O) groups excluding carboxylic acids is 1.